The summed E-state index contributed by atoms with van der Waals surface area (Å²) in [5.41, 5.74) is 0.0890. The largest absolute Gasteiger partial charge is 0.370 e. The van der Waals surface area contributed by atoms with Crippen molar-refractivity contribution >= 4 is 29.1 Å². The summed E-state index contributed by atoms with van der Waals surface area (Å²) in [5.74, 6) is 2.17. The van der Waals surface area contributed by atoms with E-state index in [1.165, 1.54) is 0 Å². The molecule has 0 aromatic carbocycles. The highest BCUT2D eigenvalue weighted by molar-refractivity contribution is 8.00. The van der Waals surface area contributed by atoms with E-state index in [0.29, 0.717) is 16.9 Å². The first-order chi connectivity index (χ1) is 9.61. The topological polar surface area (TPSA) is 71.3 Å². The summed E-state index contributed by atoms with van der Waals surface area (Å²) < 4.78 is 0. The van der Waals surface area contributed by atoms with Crippen molar-refractivity contribution in [3.8, 4) is 0 Å². The fraction of sp³-hybridized carbons (Fsp3) is 0.615. The van der Waals surface area contributed by atoms with Gasteiger partial charge in [0.2, 0.25) is 5.82 Å². The van der Waals surface area contributed by atoms with Crippen LogP contribution in [0.4, 0.5) is 17.3 Å². The summed E-state index contributed by atoms with van der Waals surface area (Å²) in [4.78, 5) is 17.3. The molecule has 0 bridgehead atoms. The Morgan fingerprint density at radius 1 is 1.60 bits per heavy atom. The molecular formula is C13H20N4O2S. The summed E-state index contributed by atoms with van der Waals surface area (Å²) in [6.07, 6.45) is 0.991. The van der Waals surface area contributed by atoms with Crippen LogP contribution in [0.25, 0.3) is 0 Å². The van der Waals surface area contributed by atoms with Gasteiger partial charge >= 0.3 is 5.69 Å². The van der Waals surface area contributed by atoms with Crippen LogP contribution in [0.3, 0.4) is 0 Å². The monoisotopic (exact) mass is 296 g/mol. The summed E-state index contributed by atoms with van der Waals surface area (Å²) in [5, 5.41) is 14.8. The molecule has 7 heteroatoms. The summed E-state index contributed by atoms with van der Waals surface area (Å²) in [6, 6.07) is 3.23. The van der Waals surface area contributed by atoms with E-state index >= 15 is 0 Å². The minimum Gasteiger partial charge on any atom is -0.370 e. The molecule has 0 radical (unpaired) electrons. The van der Waals surface area contributed by atoms with Gasteiger partial charge in [0.05, 0.1) is 4.92 Å². The molecule has 2 rings (SSSR count). The summed E-state index contributed by atoms with van der Waals surface area (Å²) in [6.45, 7) is 6.64. The van der Waals surface area contributed by atoms with Crippen LogP contribution in [-0.4, -0.2) is 40.5 Å². The quantitative estimate of drug-likeness (QED) is 0.665. The summed E-state index contributed by atoms with van der Waals surface area (Å²) >= 11 is 1.89. The van der Waals surface area contributed by atoms with Crippen molar-refractivity contribution in [3.63, 3.8) is 0 Å². The number of thioether (sulfide) groups is 1. The normalized spacial score (nSPS) is 18.9. The SMILES string of the molecule is CCCNc1ccc([N+](=O)[O-])c(N2CCSC(C)C2)n1. The fourth-order valence-corrected chi connectivity index (χ4v) is 3.19. The smallest absolute Gasteiger partial charge is 0.311 e. The van der Waals surface area contributed by atoms with E-state index < -0.39 is 0 Å². The van der Waals surface area contributed by atoms with E-state index in [9.17, 15) is 10.1 Å². The lowest BCUT2D eigenvalue weighted by atomic mass is 10.3. The van der Waals surface area contributed by atoms with Crippen LogP contribution in [-0.2, 0) is 0 Å². The summed E-state index contributed by atoms with van der Waals surface area (Å²) in [7, 11) is 0. The van der Waals surface area contributed by atoms with Gasteiger partial charge in [-0.3, -0.25) is 10.1 Å². The first-order valence-electron chi connectivity index (χ1n) is 6.87. The molecule has 1 unspecified atom stereocenters. The first-order valence-corrected chi connectivity index (χ1v) is 7.92. The molecule has 0 amide bonds. The van der Waals surface area contributed by atoms with Crippen molar-refractivity contribution in [2.45, 2.75) is 25.5 Å². The van der Waals surface area contributed by atoms with Gasteiger partial charge in [0, 0.05) is 36.7 Å². The Kier molecular flexibility index (Phi) is 5.05. The van der Waals surface area contributed by atoms with E-state index in [4.69, 9.17) is 0 Å². The minimum absolute atomic E-state index is 0.0890. The zero-order valence-corrected chi connectivity index (χ0v) is 12.7. The standard InChI is InChI=1S/C13H20N4O2S/c1-3-6-14-12-5-4-11(17(18)19)13(15-12)16-7-8-20-10(2)9-16/h4-5,10H,3,6-9H2,1-2H3,(H,14,15). The number of hydrogen-bond donors (Lipinski definition) is 1. The maximum absolute atomic E-state index is 11.2. The second kappa shape index (κ2) is 6.78. The molecular weight excluding hydrogens is 276 g/mol. The second-order valence-electron chi connectivity index (χ2n) is 4.85. The van der Waals surface area contributed by atoms with Crippen molar-refractivity contribution in [2.75, 3.05) is 35.6 Å². The van der Waals surface area contributed by atoms with Crippen molar-refractivity contribution in [3.05, 3.63) is 22.2 Å². The van der Waals surface area contributed by atoms with Gasteiger partial charge in [-0.25, -0.2) is 4.98 Å². The maximum Gasteiger partial charge on any atom is 0.311 e. The van der Waals surface area contributed by atoms with Gasteiger partial charge < -0.3 is 10.2 Å². The number of hydrogen-bond acceptors (Lipinski definition) is 6. The van der Waals surface area contributed by atoms with Crippen LogP contribution in [0.2, 0.25) is 0 Å². The predicted octanol–water partition coefficient (Wildman–Crippen LogP) is 2.75. The highest BCUT2D eigenvalue weighted by Gasteiger charge is 2.25. The highest BCUT2D eigenvalue weighted by atomic mass is 32.2. The Morgan fingerprint density at radius 3 is 3.05 bits per heavy atom. The van der Waals surface area contributed by atoms with Gasteiger partial charge in [-0.15, -0.1) is 0 Å². The van der Waals surface area contributed by atoms with Crippen LogP contribution >= 0.6 is 11.8 Å². The minimum atomic E-state index is -0.349. The number of anilines is 2. The van der Waals surface area contributed by atoms with Crippen molar-refractivity contribution in [2.24, 2.45) is 0 Å². The molecule has 1 aliphatic heterocycles. The van der Waals surface area contributed by atoms with E-state index in [-0.39, 0.29) is 10.6 Å². The van der Waals surface area contributed by atoms with Crippen LogP contribution < -0.4 is 10.2 Å². The van der Waals surface area contributed by atoms with Crippen LogP contribution in [0.5, 0.6) is 0 Å². The molecule has 1 aromatic heterocycles. The Balaban J connectivity index is 2.28. The molecule has 1 atom stereocenters. The third kappa shape index (κ3) is 3.53. The molecule has 1 saturated heterocycles. The lowest BCUT2D eigenvalue weighted by Crippen LogP contribution is -2.37. The molecule has 1 N–H and O–H groups in total. The molecule has 0 saturated carbocycles. The number of nitrogens with one attached hydrogen (secondary N) is 1. The van der Waals surface area contributed by atoms with Crippen molar-refractivity contribution in [1.29, 1.82) is 0 Å². The molecule has 0 aliphatic carbocycles. The van der Waals surface area contributed by atoms with Gasteiger partial charge in [-0.05, 0) is 12.5 Å². The lowest BCUT2D eigenvalue weighted by Gasteiger charge is -2.31. The van der Waals surface area contributed by atoms with Gasteiger partial charge in [0.1, 0.15) is 5.82 Å². The number of pyridine rings is 1. The average Bonchev–Trinajstić information content (AvgIpc) is 2.44. The molecule has 6 nitrogen and oxygen atoms in total. The number of nitrogens with zero attached hydrogens (tertiary/aromatic N) is 3. The zero-order chi connectivity index (χ0) is 14.5. The van der Waals surface area contributed by atoms with Crippen molar-refractivity contribution in [1.82, 2.24) is 4.98 Å². The molecule has 2 heterocycles. The van der Waals surface area contributed by atoms with Crippen LogP contribution in [0.1, 0.15) is 20.3 Å². The van der Waals surface area contributed by atoms with Crippen molar-refractivity contribution < 1.29 is 4.92 Å². The van der Waals surface area contributed by atoms with Crippen LogP contribution in [0, 0.1) is 10.1 Å². The Bertz CT molecular complexity index is 483. The maximum atomic E-state index is 11.2. The number of rotatable bonds is 5. The lowest BCUT2D eigenvalue weighted by molar-refractivity contribution is -0.384. The molecule has 1 fully saturated rings. The van der Waals surface area contributed by atoms with E-state index in [1.54, 1.807) is 12.1 Å². The van der Waals surface area contributed by atoms with Gasteiger partial charge in [0.25, 0.3) is 0 Å². The van der Waals surface area contributed by atoms with Gasteiger partial charge in [-0.2, -0.15) is 11.8 Å². The molecule has 1 aliphatic rings. The number of aromatic nitrogens is 1. The van der Waals surface area contributed by atoms with Crippen LogP contribution in [0.15, 0.2) is 12.1 Å². The molecule has 1 aromatic rings. The zero-order valence-electron chi connectivity index (χ0n) is 11.8. The number of nitro groups is 1. The fourth-order valence-electron chi connectivity index (χ4n) is 2.18. The van der Waals surface area contributed by atoms with Gasteiger partial charge in [-0.1, -0.05) is 13.8 Å². The molecule has 20 heavy (non-hydrogen) atoms. The average molecular weight is 296 g/mol. The van der Waals surface area contributed by atoms with E-state index in [2.05, 4.69) is 24.1 Å². The Morgan fingerprint density at radius 2 is 2.40 bits per heavy atom. The van der Waals surface area contributed by atoms with Gasteiger partial charge in [0.15, 0.2) is 0 Å². The van der Waals surface area contributed by atoms with E-state index in [1.807, 2.05) is 16.7 Å². The predicted molar refractivity (Wildman–Crippen MR) is 83.8 cm³/mol. The first kappa shape index (κ1) is 14.9. The third-order valence-corrected chi connectivity index (χ3v) is 4.28. The third-order valence-electron chi connectivity index (χ3n) is 3.15. The molecule has 110 valence electrons. The molecule has 0 spiro atoms. The Hall–Kier alpha value is -1.50. The Labute approximate surface area is 123 Å². The van der Waals surface area contributed by atoms with E-state index in [0.717, 1.165) is 31.8 Å². The highest BCUT2D eigenvalue weighted by Crippen LogP contribution is 2.31. The second-order valence-corrected chi connectivity index (χ2v) is 6.40.